The molecule has 0 aliphatic carbocycles. The molecule has 2 heterocycles. The van der Waals surface area contributed by atoms with Crippen LogP contribution < -0.4 is 4.74 Å². The van der Waals surface area contributed by atoms with E-state index < -0.39 is 5.82 Å². The van der Waals surface area contributed by atoms with Crippen molar-refractivity contribution in [2.75, 3.05) is 0 Å². The zero-order valence-corrected chi connectivity index (χ0v) is 16.2. The van der Waals surface area contributed by atoms with Crippen molar-refractivity contribution in [3.63, 3.8) is 0 Å². The highest BCUT2D eigenvalue weighted by Gasteiger charge is 2.18. The number of hydrogen-bond acceptors (Lipinski definition) is 6. The molecule has 0 bridgehead atoms. The highest BCUT2D eigenvalue weighted by atomic mass is 79.9. The Morgan fingerprint density at radius 3 is 2.59 bits per heavy atom. The van der Waals surface area contributed by atoms with E-state index in [2.05, 4.69) is 36.3 Å². The van der Waals surface area contributed by atoms with Crippen molar-refractivity contribution in [3.05, 3.63) is 75.3 Å². The van der Waals surface area contributed by atoms with Gasteiger partial charge in [0, 0.05) is 11.8 Å². The first-order valence-corrected chi connectivity index (χ1v) is 9.13. The monoisotopic (exact) mass is 448 g/mol. The summed E-state index contributed by atoms with van der Waals surface area (Å²) >= 11 is 3.29. The molecule has 7 nitrogen and oxygen atoms in total. The Kier molecular flexibility index (Phi) is 4.90. The van der Waals surface area contributed by atoms with Crippen molar-refractivity contribution in [1.82, 2.24) is 20.4 Å². The molecule has 1 N–H and O–H groups in total. The van der Waals surface area contributed by atoms with Gasteiger partial charge in [0.15, 0.2) is 17.2 Å². The molecule has 0 aliphatic heterocycles. The topological polar surface area (TPSA) is 111 Å². The molecule has 140 valence electrons. The zero-order chi connectivity index (χ0) is 20.4. The normalized spacial score (nSPS) is 10.5. The Bertz CT molecular complexity index is 1290. The molecular formula is C20H10BrFN6O. The first kappa shape index (κ1) is 18.5. The van der Waals surface area contributed by atoms with Crippen molar-refractivity contribution < 1.29 is 9.13 Å². The molecule has 4 rings (SSSR count). The van der Waals surface area contributed by atoms with Crippen LogP contribution >= 0.6 is 15.9 Å². The third-order valence-electron chi connectivity index (χ3n) is 4.20. The third-order valence-corrected chi connectivity index (χ3v) is 4.82. The minimum atomic E-state index is -0.571. The molecule has 9 heteroatoms. The molecule has 29 heavy (non-hydrogen) atoms. The van der Waals surface area contributed by atoms with E-state index in [4.69, 9.17) is 15.3 Å². The molecule has 0 atom stereocenters. The number of halogens is 2. The van der Waals surface area contributed by atoms with Gasteiger partial charge in [0.25, 0.3) is 0 Å². The van der Waals surface area contributed by atoms with Gasteiger partial charge in [0.1, 0.15) is 5.75 Å². The van der Waals surface area contributed by atoms with Gasteiger partial charge in [-0.25, -0.2) is 4.39 Å². The number of aromatic nitrogens is 4. The summed E-state index contributed by atoms with van der Waals surface area (Å²) in [4.78, 5) is 0. The van der Waals surface area contributed by atoms with E-state index in [-0.39, 0.29) is 29.0 Å². The van der Waals surface area contributed by atoms with Gasteiger partial charge in [-0.1, -0.05) is 6.07 Å². The van der Waals surface area contributed by atoms with Crippen molar-refractivity contribution in [1.29, 1.82) is 10.5 Å². The SMILES string of the molecule is N#Cc1cc(C#N)cc(Oc2c(Br)ccc(Cc3n[nH]c4nnccc34)c2F)c1. The second kappa shape index (κ2) is 7.66. The summed E-state index contributed by atoms with van der Waals surface area (Å²) < 4.78 is 21.3. The highest BCUT2D eigenvalue weighted by molar-refractivity contribution is 9.10. The van der Waals surface area contributed by atoms with Crippen molar-refractivity contribution in [3.8, 4) is 23.6 Å². The number of benzene rings is 2. The summed E-state index contributed by atoms with van der Waals surface area (Å²) in [6.45, 7) is 0. The van der Waals surface area contributed by atoms with Gasteiger partial charge in [-0.05, 0) is 51.8 Å². The average molecular weight is 449 g/mol. The van der Waals surface area contributed by atoms with Gasteiger partial charge in [-0.2, -0.15) is 20.7 Å². The molecular weight excluding hydrogens is 439 g/mol. The summed E-state index contributed by atoms with van der Waals surface area (Å²) in [5.41, 5.74) is 2.01. The van der Waals surface area contributed by atoms with E-state index in [0.717, 1.165) is 5.39 Å². The summed E-state index contributed by atoms with van der Waals surface area (Å²) in [6, 6.07) is 13.3. The lowest BCUT2D eigenvalue weighted by molar-refractivity contribution is 0.436. The van der Waals surface area contributed by atoms with Crippen LogP contribution in [0.25, 0.3) is 11.0 Å². The molecule has 0 spiro atoms. The Labute approximate surface area is 172 Å². The number of nitrogens with one attached hydrogen (secondary N) is 1. The molecule has 0 radical (unpaired) electrons. The predicted molar refractivity (Wildman–Crippen MR) is 105 cm³/mol. The maximum atomic E-state index is 15.2. The average Bonchev–Trinajstić information content (AvgIpc) is 3.15. The number of hydrogen-bond donors (Lipinski definition) is 1. The fourth-order valence-electron chi connectivity index (χ4n) is 2.85. The quantitative estimate of drug-likeness (QED) is 0.495. The number of ether oxygens (including phenoxy) is 1. The Balaban J connectivity index is 1.71. The van der Waals surface area contributed by atoms with E-state index in [1.165, 1.54) is 18.2 Å². The lowest BCUT2D eigenvalue weighted by Crippen LogP contribution is -1.98. The predicted octanol–water partition coefficient (Wildman–Crippen LogP) is 4.38. The highest BCUT2D eigenvalue weighted by Crippen LogP contribution is 2.35. The van der Waals surface area contributed by atoms with Gasteiger partial charge in [0.2, 0.25) is 0 Å². The Morgan fingerprint density at radius 1 is 1.10 bits per heavy atom. The Morgan fingerprint density at radius 2 is 1.86 bits per heavy atom. The lowest BCUT2D eigenvalue weighted by atomic mass is 10.1. The minimum Gasteiger partial charge on any atom is -0.453 e. The van der Waals surface area contributed by atoms with Crippen LogP contribution in [-0.2, 0) is 6.42 Å². The second-order valence-corrected chi connectivity index (χ2v) is 6.92. The molecule has 0 amide bonds. The van der Waals surface area contributed by atoms with Crippen LogP contribution in [0.1, 0.15) is 22.4 Å². The number of aromatic amines is 1. The number of nitrogens with zero attached hydrogens (tertiary/aromatic N) is 5. The van der Waals surface area contributed by atoms with Crippen LogP contribution in [0.3, 0.4) is 0 Å². The molecule has 0 aliphatic rings. The fourth-order valence-corrected chi connectivity index (χ4v) is 3.24. The van der Waals surface area contributed by atoms with Crippen LogP contribution in [0.5, 0.6) is 11.5 Å². The zero-order valence-electron chi connectivity index (χ0n) is 14.6. The molecule has 0 saturated carbocycles. The number of fused-ring (bicyclic) bond motifs is 1. The molecule has 2 aromatic carbocycles. The van der Waals surface area contributed by atoms with Crippen LogP contribution in [0.2, 0.25) is 0 Å². The summed E-state index contributed by atoms with van der Waals surface area (Å²) in [6.07, 6.45) is 1.76. The molecule has 0 saturated heterocycles. The van der Waals surface area contributed by atoms with Crippen molar-refractivity contribution in [2.24, 2.45) is 0 Å². The maximum Gasteiger partial charge on any atom is 0.178 e. The Hall–Kier alpha value is -3.82. The fraction of sp³-hybridized carbons (Fsp3) is 0.0500. The lowest BCUT2D eigenvalue weighted by Gasteiger charge is -2.12. The summed E-state index contributed by atoms with van der Waals surface area (Å²) in [5, 5.41) is 33.7. The van der Waals surface area contributed by atoms with Crippen LogP contribution in [0, 0.1) is 28.5 Å². The summed E-state index contributed by atoms with van der Waals surface area (Å²) in [7, 11) is 0. The van der Waals surface area contributed by atoms with E-state index in [0.29, 0.717) is 21.4 Å². The maximum absolute atomic E-state index is 15.2. The minimum absolute atomic E-state index is 0.0406. The number of nitriles is 2. The van der Waals surface area contributed by atoms with Crippen LogP contribution in [0.15, 0.2) is 47.1 Å². The first-order chi connectivity index (χ1) is 14.1. The van der Waals surface area contributed by atoms with Gasteiger partial charge in [0.05, 0.1) is 39.6 Å². The largest absolute Gasteiger partial charge is 0.453 e. The van der Waals surface area contributed by atoms with Gasteiger partial charge in [-0.15, -0.1) is 5.10 Å². The number of rotatable bonds is 4. The van der Waals surface area contributed by atoms with E-state index in [1.807, 2.05) is 12.1 Å². The summed E-state index contributed by atoms with van der Waals surface area (Å²) in [5.74, 6) is -0.419. The van der Waals surface area contributed by atoms with E-state index in [1.54, 1.807) is 24.4 Å². The third kappa shape index (κ3) is 3.64. The standard InChI is InChI=1S/C20H10BrFN6O/c21-16-2-1-13(8-17-15-3-4-25-27-20(15)28-26-17)18(22)19(16)29-14-6-11(9-23)5-12(7-14)10-24/h1-7H,8H2,(H,26,27,28). The van der Waals surface area contributed by atoms with Crippen molar-refractivity contribution in [2.45, 2.75) is 6.42 Å². The van der Waals surface area contributed by atoms with Crippen molar-refractivity contribution >= 4 is 27.0 Å². The van der Waals surface area contributed by atoms with Crippen LogP contribution in [0.4, 0.5) is 4.39 Å². The second-order valence-electron chi connectivity index (χ2n) is 6.06. The molecule has 0 unspecified atom stereocenters. The first-order valence-electron chi connectivity index (χ1n) is 8.33. The van der Waals surface area contributed by atoms with Gasteiger partial charge >= 0.3 is 0 Å². The van der Waals surface area contributed by atoms with Crippen LogP contribution in [-0.4, -0.2) is 20.4 Å². The molecule has 2 aromatic heterocycles. The van der Waals surface area contributed by atoms with Gasteiger partial charge in [-0.3, -0.25) is 5.10 Å². The molecule has 0 fully saturated rings. The van der Waals surface area contributed by atoms with E-state index in [9.17, 15) is 0 Å². The van der Waals surface area contributed by atoms with E-state index >= 15 is 4.39 Å². The number of H-pyrrole nitrogens is 1. The smallest absolute Gasteiger partial charge is 0.178 e. The molecule has 4 aromatic rings. The van der Waals surface area contributed by atoms with Gasteiger partial charge < -0.3 is 4.74 Å².